The second-order valence-electron chi connectivity index (χ2n) is 3.74. The molecule has 0 rings (SSSR count). The number of rotatable bonds is 10. The van der Waals surface area contributed by atoms with Crippen molar-refractivity contribution in [3.63, 3.8) is 0 Å². The summed E-state index contributed by atoms with van der Waals surface area (Å²) < 4.78 is 4.96. The van der Waals surface area contributed by atoms with Gasteiger partial charge in [0.05, 0.1) is 6.61 Å². The number of amides is 2. The quantitative estimate of drug-likeness (QED) is 0.469. The van der Waals surface area contributed by atoms with Crippen LogP contribution < -0.4 is 15.5 Å². The van der Waals surface area contributed by atoms with E-state index < -0.39 is 19.6 Å². The van der Waals surface area contributed by atoms with E-state index in [1.54, 1.807) is 6.54 Å². The van der Waals surface area contributed by atoms with E-state index in [0.717, 1.165) is 6.42 Å². The monoisotopic (exact) mass is 426 g/mol. The van der Waals surface area contributed by atoms with Crippen molar-refractivity contribution in [1.29, 1.82) is 0 Å². The molecule has 7 unspecified atom stereocenters. The van der Waals surface area contributed by atoms with Gasteiger partial charge in [-0.3, -0.25) is 9.88 Å². The number of hydrogen-bond acceptors (Lipinski definition) is 4. The van der Waals surface area contributed by atoms with Gasteiger partial charge in [0.25, 0.3) is 0 Å². The van der Waals surface area contributed by atoms with Crippen molar-refractivity contribution in [1.82, 2.24) is 15.5 Å². The summed E-state index contributed by atoms with van der Waals surface area (Å²) in [5.41, 5.74) is 0. The van der Waals surface area contributed by atoms with Crippen molar-refractivity contribution in [2.45, 2.75) is 25.8 Å². The van der Waals surface area contributed by atoms with Gasteiger partial charge in [-0.2, -0.15) is 0 Å². The van der Waals surface area contributed by atoms with Gasteiger partial charge in [0.2, 0.25) is 5.91 Å². The normalized spacial score (nSPS) is 14.2. The molecule has 0 saturated heterocycles. The van der Waals surface area contributed by atoms with Crippen molar-refractivity contribution in [2.75, 3.05) is 6.61 Å². The lowest BCUT2D eigenvalue weighted by atomic mass is 10.2. The molecule has 0 fully saturated rings. The van der Waals surface area contributed by atoms with Gasteiger partial charge in [0.15, 0.2) is 0 Å². The molecule has 0 aromatic heterocycles. The minimum atomic E-state index is -0.640. The number of alkyl carbamates (subject to hydrolysis) is 1. The molecule has 0 spiro atoms. The second kappa shape index (κ2) is 14.1. The van der Waals surface area contributed by atoms with Crippen LogP contribution in [-0.2, 0) is 9.53 Å². The Hall–Kier alpha value is 1.71. The first-order valence-corrected chi connectivity index (χ1v) is 16.9. The smallest absolute Gasteiger partial charge is 0.407 e. The Bertz CT molecular complexity index is 323. The largest absolute Gasteiger partial charge is 0.450 e. The summed E-state index contributed by atoms with van der Waals surface area (Å²) in [5, 5.41) is 8.40. The van der Waals surface area contributed by atoms with E-state index in [-0.39, 0.29) is 12.9 Å². The maximum atomic E-state index is 12.3. The molecule has 0 bridgehead atoms. The average Bonchev–Trinajstić information content (AvgIpc) is 2.46. The van der Waals surface area contributed by atoms with Crippen LogP contribution in [0.2, 0.25) is 0 Å². The summed E-state index contributed by atoms with van der Waals surface area (Å²) in [6, 6.07) is -0.640. The Labute approximate surface area is 139 Å². The molecule has 0 aromatic carbocycles. The van der Waals surface area contributed by atoms with Crippen LogP contribution in [0.1, 0.15) is 19.8 Å². The van der Waals surface area contributed by atoms with Crippen LogP contribution in [0.5, 0.6) is 0 Å². The van der Waals surface area contributed by atoms with E-state index in [2.05, 4.69) is 51.7 Å². The molecule has 0 aliphatic rings. The van der Waals surface area contributed by atoms with E-state index in [1.165, 1.54) is 0 Å². The summed E-state index contributed by atoms with van der Waals surface area (Å²) in [7, 11) is 10.5. The Balaban J connectivity index is 4.56. The Morgan fingerprint density at radius 2 is 2.10 bits per heavy atom. The Morgan fingerprint density at radius 3 is 2.57 bits per heavy atom. The first kappa shape index (κ1) is 22.7. The highest BCUT2D eigenvalue weighted by molar-refractivity contribution is 8.87. The third-order valence-electron chi connectivity index (χ3n) is 2.09. The van der Waals surface area contributed by atoms with Crippen LogP contribution in [0.3, 0.4) is 0 Å². The summed E-state index contributed by atoms with van der Waals surface area (Å²) in [4.78, 5) is 23.9. The standard InChI is InChI=1S/C8H23N3O3P7/c1-2-5-14-8(13)10-6(3-4-9-15)7(12)11-20(19-16)21(17)18/h4,6,9,19H,2-3,5,15-18H2,1H3,(H,10,13)(H,11,12). The van der Waals surface area contributed by atoms with Crippen LogP contribution in [0.15, 0.2) is 0 Å². The molecule has 1 radical (unpaired) electrons. The molecular formula is C8H23N3O3P7. The third-order valence-corrected chi connectivity index (χ3v) is 21.9. The van der Waals surface area contributed by atoms with Crippen LogP contribution in [-0.4, -0.2) is 24.6 Å². The summed E-state index contributed by atoms with van der Waals surface area (Å²) >= 11 is 0. The highest BCUT2D eigenvalue weighted by atomic mass is 32.9. The maximum absolute atomic E-state index is 12.3. The van der Waals surface area contributed by atoms with Crippen molar-refractivity contribution >= 4 is 70.6 Å². The van der Waals surface area contributed by atoms with Gasteiger partial charge in [-0.15, -0.1) is 26.8 Å². The second-order valence-corrected chi connectivity index (χ2v) is 21.8. The van der Waals surface area contributed by atoms with Gasteiger partial charge in [-0.25, -0.2) is 4.79 Å². The predicted octanol–water partition coefficient (Wildman–Crippen LogP) is 3.30. The number of carbonyl (C=O) groups is 2. The molecule has 2 amide bonds. The Kier molecular flexibility index (Phi) is 15.2. The van der Waals surface area contributed by atoms with E-state index in [0.29, 0.717) is 21.0 Å². The average molecular weight is 426 g/mol. The van der Waals surface area contributed by atoms with Crippen LogP contribution >= 0.6 is 58.6 Å². The lowest BCUT2D eigenvalue weighted by molar-refractivity contribution is -0.121. The van der Waals surface area contributed by atoms with Gasteiger partial charge in [-0.05, 0) is 19.8 Å². The molecule has 0 aliphatic heterocycles. The first-order valence-electron chi connectivity index (χ1n) is 6.03. The third kappa shape index (κ3) is 11.0. The molecule has 3 N–H and O–H groups in total. The molecule has 21 heavy (non-hydrogen) atoms. The van der Waals surface area contributed by atoms with Crippen molar-refractivity contribution < 1.29 is 14.3 Å². The molecule has 13 heteroatoms. The maximum Gasteiger partial charge on any atom is 0.407 e. The molecule has 0 aliphatic carbocycles. The summed E-state index contributed by atoms with van der Waals surface area (Å²) in [6.07, 6.45) is 0.560. The van der Waals surface area contributed by atoms with E-state index >= 15 is 0 Å². The van der Waals surface area contributed by atoms with Gasteiger partial charge in [0, 0.05) is 14.0 Å². The fraction of sp³-hybridized carbons (Fsp3) is 0.625. The van der Waals surface area contributed by atoms with Gasteiger partial charge >= 0.3 is 6.09 Å². The number of ether oxygens (including phenoxy) is 1. The molecule has 6 nitrogen and oxygen atoms in total. The molecule has 123 valence electrons. The minimum absolute atomic E-state index is 0.182. The van der Waals surface area contributed by atoms with Crippen LogP contribution in [0.25, 0.3) is 0 Å². The molecule has 0 aromatic rings. The number of hydrogen-bond donors (Lipinski definition) is 3. The highest BCUT2D eigenvalue weighted by Gasteiger charge is 2.24. The molecule has 0 saturated carbocycles. The molecular weight excluding hydrogens is 403 g/mol. The summed E-state index contributed by atoms with van der Waals surface area (Å²) in [5.74, 6) is -0.182. The lowest BCUT2D eigenvalue weighted by Crippen LogP contribution is -2.45. The highest BCUT2D eigenvalue weighted by Crippen LogP contribution is 2.86. The van der Waals surface area contributed by atoms with E-state index in [1.807, 2.05) is 6.92 Å². The predicted molar refractivity (Wildman–Crippen MR) is 110 cm³/mol. The van der Waals surface area contributed by atoms with Crippen molar-refractivity contribution in [3.05, 3.63) is 6.54 Å². The number of nitrogens with one attached hydrogen (secondary N) is 3. The first-order chi connectivity index (χ1) is 9.96. The van der Waals surface area contributed by atoms with Gasteiger partial charge < -0.3 is 15.1 Å². The van der Waals surface area contributed by atoms with E-state index in [9.17, 15) is 9.59 Å². The molecule has 7 atom stereocenters. The van der Waals surface area contributed by atoms with Crippen LogP contribution in [0, 0.1) is 6.54 Å². The van der Waals surface area contributed by atoms with Gasteiger partial charge in [0.1, 0.15) is 6.04 Å². The zero-order valence-corrected chi connectivity index (χ0v) is 19.1. The summed E-state index contributed by atoms with van der Waals surface area (Å²) in [6.45, 7) is 3.57. The zero-order valence-electron chi connectivity index (χ0n) is 11.7. The van der Waals surface area contributed by atoms with Crippen molar-refractivity contribution in [3.8, 4) is 0 Å². The fourth-order valence-corrected chi connectivity index (χ4v) is 20.7. The molecule has 0 heterocycles. The van der Waals surface area contributed by atoms with Crippen molar-refractivity contribution in [2.24, 2.45) is 0 Å². The zero-order chi connectivity index (χ0) is 16.3. The Morgan fingerprint density at radius 1 is 1.43 bits per heavy atom. The van der Waals surface area contributed by atoms with E-state index in [4.69, 9.17) is 4.74 Å². The topological polar surface area (TPSA) is 79.5 Å². The van der Waals surface area contributed by atoms with Crippen LogP contribution in [0.4, 0.5) is 4.79 Å². The minimum Gasteiger partial charge on any atom is -0.450 e. The van der Waals surface area contributed by atoms with Gasteiger partial charge in [-0.1, -0.05) is 24.3 Å². The lowest BCUT2D eigenvalue weighted by Gasteiger charge is -2.24. The SMILES string of the molecule is CCCOC(=O)NC(C[CH]NP)C(=O)NP(PP)P(P)P. The number of carbonyl (C=O) groups excluding carboxylic acids is 2. The fourth-order valence-electron chi connectivity index (χ4n) is 1.14.